The third-order valence-electron chi connectivity index (χ3n) is 6.33. The molecule has 1 unspecified atom stereocenters. The van der Waals surface area contributed by atoms with Gasteiger partial charge in [-0.2, -0.15) is 0 Å². The summed E-state index contributed by atoms with van der Waals surface area (Å²) in [6.45, 7) is 4.79. The van der Waals surface area contributed by atoms with Crippen molar-refractivity contribution in [2.75, 3.05) is 6.54 Å². The number of hydrogen-bond acceptors (Lipinski definition) is 6. The lowest BCUT2D eigenvalue weighted by molar-refractivity contribution is 0.0941. The Morgan fingerprint density at radius 2 is 1.83 bits per heavy atom. The quantitative estimate of drug-likeness (QED) is 0.222. The normalized spacial score (nSPS) is 12.2. The monoisotopic (exact) mass is 498 g/mol. The van der Waals surface area contributed by atoms with Crippen LogP contribution in [0.2, 0.25) is 0 Å². The van der Waals surface area contributed by atoms with E-state index >= 15 is 0 Å². The molecule has 1 amide bonds. The Kier molecular flexibility index (Phi) is 7.62. The molecule has 36 heavy (non-hydrogen) atoms. The fourth-order valence-corrected chi connectivity index (χ4v) is 4.85. The number of amides is 1. The maximum atomic E-state index is 13.2. The topological polar surface area (TPSA) is 112 Å². The molecule has 2 aromatic carbocycles. The Morgan fingerprint density at radius 1 is 1.08 bits per heavy atom. The number of rotatable bonds is 9. The summed E-state index contributed by atoms with van der Waals surface area (Å²) in [5.74, 6) is -0.173. The lowest BCUT2D eigenvalue weighted by Gasteiger charge is -2.23. The van der Waals surface area contributed by atoms with Gasteiger partial charge in [0.2, 0.25) is 0 Å². The zero-order valence-electron chi connectivity index (χ0n) is 20.4. The molecule has 0 fully saturated rings. The van der Waals surface area contributed by atoms with E-state index in [1.54, 1.807) is 48.8 Å². The predicted molar refractivity (Wildman–Crippen MR) is 146 cm³/mol. The standard InChI is InChI=1S/C29H30N4O2S/c1-29(2,18-30)21-11-9-19(10-12-21)26-13-14-27(36-26)28(35)33-24(22-7-3-4-8-25(22)34)16-23(31)20-6-5-15-32-17-20/h3-15,17,24,31,34H,16,18,30H2,1-2H3,(H,33,35). The number of thiophene rings is 1. The Labute approximate surface area is 215 Å². The molecule has 184 valence electrons. The summed E-state index contributed by atoms with van der Waals surface area (Å²) in [6.07, 6.45) is 3.49. The van der Waals surface area contributed by atoms with Crippen molar-refractivity contribution in [3.63, 3.8) is 0 Å². The van der Waals surface area contributed by atoms with Gasteiger partial charge in [-0.1, -0.05) is 62.4 Å². The van der Waals surface area contributed by atoms with Gasteiger partial charge in [0.15, 0.2) is 0 Å². The number of aromatic hydroxyl groups is 1. The van der Waals surface area contributed by atoms with Crippen molar-refractivity contribution in [2.24, 2.45) is 5.73 Å². The van der Waals surface area contributed by atoms with Gasteiger partial charge in [-0.05, 0) is 35.4 Å². The minimum atomic E-state index is -0.574. The maximum Gasteiger partial charge on any atom is 0.261 e. The first-order valence-electron chi connectivity index (χ1n) is 11.8. The molecule has 0 saturated heterocycles. The first-order chi connectivity index (χ1) is 17.3. The van der Waals surface area contributed by atoms with Gasteiger partial charge in [-0.25, -0.2) is 0 Å². The van der Waals surface area contributed by atoms with Gasteiger partial charge in [-0.15, -0.1) is 11.3 Å². The van der Waals surface area contributed by atoms with Crippen molar-refractivity contribution >= 4 is 23.0 Å². The van der Waals surface area contributed by atoms with Crippen molar-refractivity contribution in [3.05, 3.63) is 107 Å². The van der Waals surface area contributed by atoms with Gasteiger partial charge in [-0.3, -0.25) is 9.78 Å². The van der Waals surface area contributed by atoms with E-state index in [0.29, 0.717) is 28.3 Å². The van der Waals surface area contributed by atoms with E-state index in [-0.39, 0.29) is 23.5 Å². The molecule has 6 nitrogen and oxygen atoms in total. The minimum absolute atomic E-state index is 0.0779. The highest BCUT2D eigenvalue weighted by molar-refractivity contribution is 7.17. The summed E-state index contributed by atoms with van der Waals surface area (Å²) in [7, 11) is 0. The number of carbonyl (C=O) groups is 1. The Balaban J connectivity index is 1.54. The highest BCUT2D eigenvalue weighted by Crippen LogP contribution is 2.32. The molecule has 5 N–H and O–H groups in total. The van der Waals surface area contributed by atoms with E-state index in [2.05, 4.69) is 48.4 Å². The lowest BCUT2D eigenvalue weighted by atomic mass is 9.84. The number of aromatic nitrogens is 1. The summed E-state index contributed by atoms with van der Waals surface area (Å²) in [4.78, 5) is 18.9. The molecule has 0 saturated carbocycles. The van der Waals surface area contributed by atoms with Gasteiger partial charge >= 0.3 is 0 Å². The number of carbonyl (C=O) groups excluding carboxylic acids is 1. The molecule has 0 spiro atoms. The molecule has 0 aliphatic carbocycles. The van der Waals surface area contributed by atoms with Crippen LogP contribution in [0.25, 0.3) is 10.4 Å². The van der Waals surface area contributed by atoms with Crippen LogP contribution < -0.4 is 11.1 Å². The van der Waals surface area contributed by atoms with Crippen LogP contribution >= 0.6 is 11.3 Å². The Bertz CT molecular complexity index is 1350. The molecule has 0 radical (unpaired) electrons. The van der Waals surface area contributed by atoms with Gasteiger partial charge in [0.25, 0.3) is 5.91 Å². The van der Waals surface area contributed by atoms with E-state index in [1.165, 1.54) is 16.9 Å². The number of nitrogens with two attached hydrogens (primary N) is 1. The molecule has 1 atom stereocenters. The van der Waals surface area contributed by atoms with Crippen molar-refractivity contribution in [1.82, 2.24) is 10.3 Å². The van der Waals surface area contributed by atoms with Crippen LogP contribution in [0.5, 0.6) is 5.75 Å². The van der Waals surface area contributed by atoms with Gasteiger partial charge in [0, 0.05) is 52.5 Å². The number of nitrogens with one attached hydrogen (secondary N) is 2. The lowest BCUT2D eigenvalue weighted by Crippen LogP contribution is -2.29. The van der Waals surface area contributed by atoms with Gasteiger partial charge < -0.3 is 21.6 Å². The Hall–Kier alpha value is -3.81. The van der Waals surface area contributed by atoms with Crippen LogP contribution in [-0.2, 0) is 5.41 Å². The minimum Gasteiger partial charge on any atom is -0.508 e. The third-order valence-corrected chi connectivity index (χ3v) is 7.46. The fourth-order valence-electron chi connectivity index (χ4n) is 3.93. The molecular formula is C29H30N4O2S. The third kappa shape index (κ3) is 5.70. The number of para-hydroxylation sites is 1. The van der Waals surface area contributed by atoms with Crippen LogP contribution in [0.3, 0.4) is 0 Å². The number of pyridine rings is 1. The van der Waals surface area contributed by atoms with Crippen LogP contribution in [0.4, 0.5) is 0 Å². The molecule has 2 heterocycles. The van der Waals surface area contributed by atoms with Crippen LogP contribution in [0.15, 0.2) is 85.2 Å². The fraction of sp³-hybridized carbons (Fsp3) is 0.207. The average Bonchev–Trinajstić information content (AvgIpc) is 3.40. The zero-order valence-corrected chi connectivity index (χ0v) is 21.2. The summed E-state index contributed by atoms with van der Waals surface area (Å²) >= 11 is 1.41. The van der Waals surface area contributed by atoms with Gasteiger partial charge in [0.1, 0.15) is 5.75 Å². The number of hydrogen-bond donors (Lipinski definition) is 4. The molecule has 0 aliphatic heterocycles. The summed E-state index contributed by atoms with van der Waals surface area (Å²) in [5, 5.41) is 22.0. The first-order valence-corrected chi connectivity index (χ1v) is 12.6. The maximum absolute atomic E-state index is 13.2. The molecule has 0 bridgehead atoms. The molecule has 4 aromatic rings. The van der Waals surface area contributed by atoms with E-state index in [4.69, 9.17) is 11.1 Å². The van der Waals surface area contributed by atoms with E-state index < -0.39 is 6.04 Å². The van der Waals surface area contributed by atoms with Gasteiger partial charge in [0.05, 0.1) is 10.9 Å². The van der Waals surface area contributed by atoms with Crippen LogP contribution in [0, 0.1) is 5.41 Å². The molecular weight excluding hydrogens is 468 g/mol. The number of phenols is 1. The summed E-state index contributed by atoms with van der Waals surface area (Å²) in [5.41, 5.74) is 9.57. The van der Waals surface area contributed by atoms with Crippen molar-refractivity contribution < 1.29 is 9.90 Å². The SMILES string of the molecule is CC(C)(CN)c1ccc(-c2ccc(C(=O)NC(CC(=N)c3cccnc3)c3ccccc3O)s2)cc1. The largest absolute Gasteiger partial charge is 0.508 e. The van der Waals surface area contributed by atoms with Crippen molar-refractivity contribution in [3.8, 4) is 16.2 Å². The first kappa shape index (κ1) is 25.3. The van der Waals surface area contributed by atoms with Crippen LogP contribution in [-0.4, -0.2) is 28.3 Å². The average molecular weight is 499 g/mol. The molecule has 2 aromatic heterocycles. The number of benzene rings is 2. The van der Waals surface area contributed by atoms with Crippen LogP contribution in [0.1, 0.15) is 52.7 Å². The number of phenolic OH excluding ortho intramolecular Hbond substituents is 1. The van der Waals surface area contributed by atoms with Crippen molar-refractivity contribution in [2.45, 2.75) is 31.7 Å². The molecule has 7 heteroatoms. The second-order valence-corrected chi connectivity index (χ2v) is 10.4. The second kappa shape index (κ2) is 10.8. The smallest absolute Gasteiger partial charge is 0.261 e. The summed E-state index contributed by atoms with van der Waals surface area (Å²) in [6, 6.07) is 21.9. The Morgan fingerprint density at radius 3 is 2.50 bits per heavy atom. The summed E-state index contributed by atoms with van der Waals surface area (Å²) < 4.78 is 0. The zero-order chi connectivity index (χ0) is 25.7. The van der Waals surface area contributed by atoms with E-state index in [9.17, 15) is 9.90 Å². The van der Waals surface area contributed by atoms with E-state index in [1.807, 2.05) is 12.1 Å². The number of nitrogens with zero attached hydrogens (tertiary/aromatic N) is 1. The highest BCUT2D eigenvalue weighted by atomic mass is 32.1. The highest BCUT2D eigenvalue weighted by Gasteiger charge is 2.22. The molecule has 4 rings (SSSR count). The predicted octanol–water partition coefficient (Wildman–Crippen LogP) is 5.68. The van der Waals surface area contributed by atoms with E-state index in [0.717, 1.165) is 10.4 Å². The van der Waals surface area contributed by atoms with Crippen molar-refractivity contribution in [1.29, 1.82) is 5.41 Å². The molecule has 0 aliphatic rings. The second-order valence-electron chi connectivity index (χ2n) is 9.34.